The van der Waals surface area contributed by atoms with E-state index >= 15 is 0 Å². The van der Waals surface area contributed by atoms with Gasteiger partial charge in [-0.25, -0.2) is 0 Å². The van der Waals surface area contributed by atoms with E-state index in [0.717, 1.165) is 24.2 Å². The van der Waals surface area contributed by atoms with E-state index in [-0.39, 0.29) is 37.3 Å². The number of hydrogen-bond acceptors (Lipinski definition) is 5. The summed E-state index contributed by atoms with van der Waals surface area (Å²) in [4.78, 5) is 52.1. The van der Waals surface area contributed by atoms with Crippen LogP contribution < -0.4 is 0 Å². The molecule has 0 bridgehead atoms. The second kappa shape index (κ2) is 10.4. The van der Waals surface area contributed by atoms with Crippen molar-refractivity contribution in [1.82, 2.24) is 9.80 Å². The zero-order valence-electron chi connectivity index (χ0n) is 18.6. The van der Waals surface area contributed by atoms with Gasteiger partial charge in [0.25, 0.3) is 17.7 Å². The average molecular weight is 449 g/mol. The molecule has 3 amide bonds. The van der Waals surface area contributed by atoms with Crippen molar-refractivity contribution in [3.8, 4) is 0 Å². The molecule has 1 fully saturated rings. The molecule has 2 aliphatic heterocycles. The Balaban J connectivity index is 1.13. The summed E-state index contributed by atoms with van der Waals surface area (Å²) in [6.45, 7) is 1.22. The number of imide groups is 1. The number of fused-ring (bicyclic) bond motifs is 1. The first-order valence-electron chi connectivity index (χ1n) is 11.5. The fraction of sp³-hybridized carbons (Fsp3) is 0.385. The topological polar surface area (TPSA) is 84.0 Å². The summed E-state index contributed by atoms with van der Waals surface area (Å²) in [5, 5.41) is 0. The Kier molecular flexibility index (Phi) is 7.17. The minimum absolute atomic E-state index is 0.0415. The second-order valence-electron chi connectivity index (χ2n) is 8.59. The quantitative estimate of drug-likeness (QED) is 0.458. The summed E-state index contributed by atoms with van der Waals surface area (Å²) >= 11 is 0. The average Bonchev–Trinajstić information content (AvgIpc) is 3.09. The van der Waals surface area contributed by atoms with Gasteiger partial charge in [0.15, 0.2) is 6.61 Å². The molecule has 0 N–H and O–H groups in total. The lowest BCUT2D eigenvalue weighted by molar-refractivity contribution is -0.152. The first-order valence-corrected chi connectivity index (χ1v) is 11.5. The number of carbonyl (C=O) groups is 4. The molecule has 7 nitrogen and oxygen atoms in total. The Hall–Kier alpha value is -3.48. The molecular formula is C26H28N2O5. The number of amides is 3. The van der Waals surface area contributed by atoms with Crippen LogP contribution in [-0.2, 0) is 20.7 Å². The Morgan fingerprint density at radius 1 is 0.879 bits per heavy atom. The van der Waals surface area contributed by atoms with E-state index in [9.17, 15) is 19.2 Å². The third-order valence-electron chi connectivity index (χ3n) is 6.33. The van der Waals surface area contributed by atoms with Gasteiger partial charge in [0.1, 0.15) is 0 Å². The van der Waals surface area contributed by atoms with Gasteiger partial charge < -0.3 is 9.64 Å². The Morgan fingerprint density at radius 2 is 1.48 bits per heavy atom. The van der Waals surface area contributed by atoms with Crippen LogP contribution in [0.1, 0.15) is 52.0 Å². The zero-order valence-corrected chi connectivity index (χ0v) is 18.6. The first-order chi connectivity index (χ1) is 16.0. The summed E-state index contributed by atoms with van der Waals surface area (Å²) in [6.07, 6.45) is 3.23. The van der Waals surface area contributed by atoms with Gasteiger partial charge >= 0.3 is 5.97 Å². The van der Waals surface area contributed by atoms with Crippen LogP contribution in [0, 0.1) is 5.92 Å². The lowest BCUT2D eigenvalue weighted by Crippen LogP contribution is -2.41. The van der Waals surface area contributed by atoms with E-state index in [2.05, 4.69) is 12.1 Å². The molecule has 2 aromatic rings. The number of rotatable bonds is 8. The predicted molar refractivity (Wildman–Crippen MR) is 121 cm³/mol. The minimum Gasteiger partial charge on any atom is -0.456 e. The number of ether oxygens (including phenoxy) is 1. The van der Waals surface area contributed by atoms with Crippen LogP contribution in [0.25, 0.3) is 0 Å². The zero-order chi connectivity index (χ0) is 23.2. The van der Waals surface area contributed by atoms with Gasteiger partial charge in [0.2, 0.25) is 0 Å². The number of carbonyl (C=O) groups excluding carboxylic acids is 4. The van der Waals surface area contributed by atoms with Gasteiger partial charge in [0, 0.05) is 26.1 Å². The first kappa shape index (κ1) is 22.7. The Labute approximate surface area is 193 Å². The standard InChI is InChI=1S/C26H28N2O5/c29-23(27-15-12-20(13-16-27)17-19-7-2-1-3-8-19)18-33-24(30)11-6-14-28-25(31)21-9-4-5-10-22(21)26(28)32/h1-5,7-10,20H,6,11-18H2. The molecule has 0 atom stereocenters. The third kappa shape index (κ3) is 5.48. The van der Waals surface area contributed by atoms with Crippen LogP contribution in [0.4, 0.5) is 0 Å². The molecule has 7 heteroatoms. The lowest BCUT2D eigenvalue weighted by atomic mass is 9.90. The number of likely N-dealkylation sites (tertiary alicyclic amines) is 1. The molecule has 2 heterocycles. The maximum atomic E-state index is 12.4. The van der Waals surface area contributed by atoms with Crippen molar-refractivity contribution in [3.05, 3.63) is 71.3 Å². The minimum atomic E-state index is -0.501. The van der Waals surface area contributed by atoms with Crippen LogP contribution >= 0.6 is 0 Å². The number of piperidine rings is 1. The highest BCUT2D eigenvalue weighted by Crippen LogP contribution is 2.23. The number of nitrogens with zero attached hydrogens (tertiary/aromatic N) is 2. The molecular weight excluding hydrogens is 420 g/mol. The second-order valence-corrected chi connectivity index (χ2v) is 8.59. The molecule has 172 valence electrons. The smallest absolute Gasteiger partial charge is 0.306 e. The molecule has 0 aliphatic carbocycles. The highest BCUT2D eigenvalue weighted by molar-refractivity contribution is 6.21. The maximum Gasteiger partial charge on any atom is 0.306 e. The van der Waals surface area contributed by atoms with E-state index in [4.69, 9.17) is 4.74 Å². The molecule has 0 saturated carbocycles. The van der Waals surface area contributed by atoms with E-state index < -0.39 is 5.97 Å². The van der Waals surface area contributed by atoms with Crippen LogP contribution in [0.3, 0.4) is 0 Å². The monoisotopic (exact) mass is 448 g/mol. The van der Waals surface area contributed by atoms with Crippen LogP contribution in [0.2, 0.25) is 0 Å². The Morgan fingerprint density at radius 3 is 2.12 bits per heavy atom. The van der Waals surface area contributed by atoms with Gasteiger partial charge in [-0.3, -0.25) is 24.1 Å². The molecule has 2 aliphatic rings. The summed E-state index contributed by atoms with van der Waals surface area (Å²) < 4.78 is 5.14. The fourth-order valence-corrected chi connectivity index (χ4v) is 4.46. The third-order valence-corrected chi connectivity index (χ3v) is 6.33. The molecule has 0 spiro atoms. The molecule has 4 rings (SSSR count). The predicted octanol–water partition coefficient (Wildman–Crippen LogP) is 3.09. The summed E-state index contributed by atoms with van der Waals surface area (Å²) in [7, 11) is 0. The van der Waals surface area contributed by atoms with E-state index in [1.165, 1.54) is 5.56 Å². The normalized spacial score (nSPS) is 16.1. The molecule has 33 heavy (non-hydrogen) atoms. The Bertz CT molecular complexity index is 993. The molecule has 0 aromatic heterocycles. The van der Waals surface area contributed by atoms with E-state index in [1.54, 1.807) is 29.2 Å². The van der Waals surface area contributed by atoms with E-state index in [0.29, 0.717) is 36.6 Å². The van der Waals surface area contributed by atoms with Gasteiger partial charge in [-0.2, -0.15) is 0 Å². The number of esters is 1. The largest absolute Gasteiger partial charge is 0.456 e. The van der Waals surface area contributed by atoms with Crippen molar-refractivity contribution in [3.63, 3.8) is 0 Å². The summed E-state index contributed by atoms with van der Waals surface area (Å²) in [5.41, 5.74) is 2.10. The van der Waals surface area contributed by atoms with Crippen LogP contribution in [0.15, 0.2) is 54.6 Å². The van der Waals surface area contributed by atoms with Crippen molar-refractivity contribution < 1.29 is 23.9 Å². The van der Waals surface area contributed by atoms with Crippen LogP contribution in [-0.4, -0.2) is 59.7 Å². The van der Waals surface area contributed by atoms with Crippen molar-refractivity contribution in [1.29, 1.82) is 0 Å². The van der Waals surface area contributed by atoms with Crippen molar-refractivity contribution in [2.45, 2.75) is 32.1 Å². The molecule has 0 unspecified atom stereocenters. The lowest BCUT2D eigenvalue weighted by Gasteiger charge is -2.32. The summed E-state index contributed by atoms with van der Waals surface area (Å²) in [6, 6.07) is 17.0. The SMILES string of the molecule is O=C(CCCN1C(=O)c2ccccc2C1=O)OCC(=O)N1CCC(Cc2ccccc2)CC1. The van der Waals surface area contributed by atoms with Crippen molar-refractivity contribution in [2.75, 3.05) is 26.2 Å². The van der Waals surface area contributed by atoms with Crippen molar-refractivity contribution in [2.24, 2.45) is 5.92 Å². The molecule has 0 radical (unpaired) electrons. The van der Waals surface area contributed by atoms with Gasteiger partial charge in [-0.15, -0.1) is 0 Å². The van der Waals surface area contributed by atoms with Gasteiger partial charge in [-0.1, -0.05) is 42.5 Å². The van der Waals surface area contributed by atoms with Gasteiger partial charge in [-0.05, 0) is 49.3 Å². The molecule has 1 saturated heterocycles. The van der Waals surface area contributed by atoms with E-state index in [1.807, 2.05) is 18.2 Å². The maximum absolute atomic E-state index is 12.4. The van der Waals surface area contributed by atoms with Crippen molar-refractivity contribution >= 4 is 23.7 Å². The number of benzene rings is 2. The number of hydrogen-bond donors (Lipinski definition) is 0. The highest BCUT2D eigenvalue weighted by Gasteiger charge is 2.34. The summed E-state index contributed by atoms with van der Waals surface area (Å²) in [5.74, 6) is -0.799. The fourth-order valence-electron chi connectivity index (χ4n) is 4.46. The highest BCUT2D eigenvalue weighted by atomic mass is 16.5. The van der Waals surface area contributed by atoms with Crippen LogP contribution in [0.5, 0.6) is 0 Å². The molecule has 2 aromatic carbocycles. The van der Waals surface area contributed by atoms with Gasteiger partial charge in [0.05, 0.1) is 11.1 Å².